The highest BCUT2D eigenvalue weighted by Crippen LogP contribution is 2.16. The second-order valence-corrected chi connectivity index (χ2v) is 3.80. The van der Waals surface area contributed by atoms with Gasteiger partial charge in [0.15, 0.2) is 5.82 Å². The minimum absolute atomic E-state index is 0.386. The van der Waals surface area contributed by atoms with E-state index in [0.29, 0.717) is 10.3 Å². The third-order valence-corrected chi connectivity index (χ3v) is 2.27. The van der Waals surface area contributed by atoms with Crippen LogP contribution in [0.25, 0.3) is 5.69 Å². The summed E-state index contributed by atoms with van der Waals surface area (Å²) in [6, 6.07) is 2.82. The monoisotopic (exact) mass is 273 g/mol. The first-order valence-electron chi connectivity index (χ1n) is 4.11. The minimum atomic E-state index is -1.11. The van der Waals surface area contributed by atoms with Crippen molar-refractivity contribution in [1.29, 1.82) is 0 Å². The molecule has 0 aliphatic rings. The Morgan fingerprint density at radius 1 is 1.33 bits per heavy atom. The van der Waals surface area contributed by atoms with Gasteiger partial charge in [0.1, 0.15) is 4.60 Å². The zero-order valence-corrected chi connectivity index (χ0v) is 9.29. The van der Waals surface area contributed by atoms with Gasteiger partial charge < -0.3 is 0 Å². The molecule has 0 bridgehead atoms. The molecule has 2 aromatic heterocycles. The normalized spacial score (nSPS) is 10.7. The van der Waals surface area contributed by atoms with Crippen LogP contribution in [0.2, 0.25) is 0 Å². The van der Waals surface area contributed by atoms with Gasteiger partial charge in [-0.3, -0.25) is 0 Å². The summed E-state index contributed by atoms with van der Waals surface area (Å²) < 4.78 is 27.6. The molecule has 0 fully saturated rings. The van der Waals surface area contributed by atoms with Crippen LogP contribution >= 0.6 is 15.9 Å². The number of aryl methyl sites for hydroxylation is 1. The molecule has 2 heterocycles. The fraction of sp³-hybridized carbons (Fsp3) is 0.111. The zero-order valence-electron chi connectivity index (χ0n) is 7.71. The molecule has 2 aromatic rings. The first kappa shape index (κ1) is 10.2. The van der Waals surface area contributed by atoms with E-state index >= 15 is 0 Å². The van der Waals surface area contributed by atoms with Crippen molar-refractivity contribution >= 4 is 15.9 Å². The molecule has 0 radical (unpaired) electrons. The third kappa shape index (κ3) is 1.90. The van der Waals surface area contributed by atoms with Gasteiger partial charge in [-0.05, 0) is 28.9 Å². The number of hydrogen-bond donors (Lipinski definition) is 0. The fourth-order valence-electron chi connectivity index (χ4n) is 1.23. The van der Waals surface area contributed by atoms with Gasteiger partial charge >= 0.3 is 0 Å². The number of hydrogen-bond acceptors (Lipinski definition) is 2. The first-order valence-corrected chi connectivity index (χ1v) is 4.91. The molecular formula is C9H6BrF2N3. The van der Waals surface area contributed by atoms with Crippen LogP contribution in [0.4, 0.5) is 8.78 Å². The standard InChI is InChI=1S/C9H6BrF2N3/c1-5-2-8(10)14-15(5)6-3-7(11)9(12)13-4-6/h2-4H,1H3. The lowest BCUT2D eigenvalue weighted by molar-refractivity contribution is 0.478. The number of halogens is 3. The van der Waals surface area contributed by atoms with Gasteiger partial charge in [-0.1, -0.05) is 0 Å². The van der Waals surface area contributed by atoms with Crippen LogP contribution < -0.4 is 0 Å². The van der Waals surface area contributed by atoms with E-state index in [1.165, 1.54) is 10.9 Å². The average Bonchev–Trinajstić information content (AvgIpc) is 2.50. The Labute approximate surface area is 92.9 Å². The van der Waals surface area contributed by atoms with Crippen LogP contribution in [-0.2, 0) is 0 Å². The Bertz CT molecular complexity index is 510. The molecule has 0 aromatic carbocycles. The van der Waals surface area contributed by atoms with E-state index in [-0.39, 0.29) is 0 Å². The zero-order chi connectivity index (χ0) is 11.0. The second kappa shape index (κ2) is 3.69. The van der Waals surface area contributed by atoms with Crippen LogP contribution in [0.3, 0.4) is 0 Å². The highest BCUT2D eigenvalue weighted by molar-refractivity contribution is 9.10. The van der Waals surface area contributed by atoms with Crippen molar-refractivity contribution in [2.24, 2.45) is 0 Å². The summed E-state index contributed by atoms with van der Waals surface area (Å²) in [6.07, 6.45) is 1.23. The van der Waals surface area contributed by atoms with Gasteiger partial charge in [-0.15, -0.1) is 0 Å². The molecule has 0 aliphatic heterocycles. The molecule has 0 N–H and O–H groups in total. The number of nitrogens with zero attached hydrogens (tertiary/aromatic N) is 3. The lowest BCUT2D eigenvalue weighted by Gasteiger charge is -2.03. The molecule has 2 rings (SSSR count). The predicted octanol–water partition coefficient (Wildman–Crippen LogP) is 2.62. The molecule has 0 spiro atoms. The molecule has 78 valence electrons. The SMILES string of the molecule is Cc1cc(Br)nn1-c1cnc(F)c(F)c1. The Balaban J connectivity index is 2.54. The highest BCUT2D eigenvalue weighted by Gasteiger charge is 2.08. The molecule has 0 unspecified atom stereocenters. The molecule has 0 aliphatic carbocycles. The smallest absolute Gasteiger partial charge is 0.235 e. The van der Waals surface area contributed by atoms with E-state index in [0.717, 1.165) is 11.8 Å². The van der Waals surface area contributed by atoms with Crippen molar-refractivity contribution in [1.82, 2.24) is 14.8 Å². The van der Waals surface area contributed by atoms with Gasteiger partial charge in [-0.2, -0.15) is 9.49 Å². The van der Waals surface area contributed by atoms with Crippen molar-refractivity contribution < 1.29 is 8.78 Å². The van der Waals surface area contributed by atoms with E-state index in [2.05, 4.69) is 26.0 Å². The number of rotatable bonds is 1. The van der Waals surface area contributed by atoms with E-state index in [1.54, 1.807) is 13.0 Å². The van der Waals surface area contributed by atoms with Gasteiger partial charge in [0, 0.05) is 11.8 Å². The van der Waals surface area contributed by atoms with Crippen LogP contribution in [-0.4, -0.2) is 14.8 Å². The molecule has 0 saturated heterocycles. The van der Waals surface area contributed by atoms with E-state index in [9.17, 15) is 8.78 Å². The molecule has 3 nitrogen and oxygen atoms in total. The molecule has 0 atom stereocenters. The summed E-state index contributed by atoms with van der Waals surface area (Å²) in [6.45, 7) is 1.80. The van der Waals surface area contributed by atoms with Crippen molar-refractivity contribution in [3.05, 3.63) is 40.4 Å². The Morgan fingerprint density at radius 3 is 2.60 bits per heavy atom. The Kier molecular flexibility index (Phi) is 2.52. The van der Waals surface area contributed by atoms with Crippen molar-refractivity contribution in [2.75, 3.05) is 0 Å². The maximum atomic E-state index is 12.9. The van der Waals surface area contributed by atoms with Crippen LogP contribution in [0.1, 0.15) is 5.69 Å². The summed E-state index contributed by atoms with van der Waals surface area (Å²) >= 11 is 3.19. The van der Waals surface area contributed by atoms with Crippen molar-refractivity contribution in [3.8, 4) is 5.69 Å². The Morgan fingerprint density at radius 2 is 2.07 bits per heavy atom. The van der Waals surface area contributed by atoms with Crippen LogP contribution in [0, 0.1) is 18.7 Å². The van der Waals surface area contributed by atoms with Gasteiger partial charge in [-0.25, -0.2) is 14.1 Å². The maximum Gasteiger partial charge on any atom is 0.249 e. The van der Waals surface area contributed by atoms with Gasteiger partial charge in [0.25, 0.3) is 0 Å². The van der Waals surface area contributed by atoms with Gasteiger partial charge in [0.05, 0.1) is 11.9 Å². The summed E-state index contributed by atoms with van der Waals surface area (Å²) in [4.78, 5) is 3.29. The summed E-state index contributed by atoms with van der Waals surface area (Å²) in [7, 11) is 0. The van der Waals surface area contributed by atoms with Crippen LogP contribution in [0.15, 0.2) is 22.9 Å². The average molecular weight is 274 g/mol. The minimum Gasteiger partial charge on any atom is -0.235 e. The lowest BCUT2D eigenvalue weighted by atomic mass is 10.4. The molecule has 0 amide bonds. The Hall–Kier alpha value is -1.30. The highest BCUT2D eigenvalue weighted by atomic mass is 79.9. The third-order valence-electron chi connectivity index (χ3n) is 1.88. The summed E-state index contributed by atoms with van der Waals surface area (Å²) in [5, 5.41) is 4.06. The van der Waals surface area contributed by atoms with Gasteiger partial charge in [0.2, 0.25) is 5.95 Å². The molecule has 0 saturated carbocycles. The quantitative estimate of drug-likeness (QED) is 0.748. The number of aromatic nitrogens is 3. The van der Waals surface area contributed by atoms with E-state index < -0.39 is 11.8 Å². The topological polar surface area (TPSA) is 30.7 Å². The summed E-state index contributed by atoms with van der Waals surface area (Å²) in [5.41, 5.74) is 1.19. The predicted molar refractivity (Wildman–Crippen MR) is 53.7 cm³/mol. The fourth-order valence-corrected chi connectivity index (χ4v) is 1.72. The molecular weight excluding hydrogens is 268 g/mol. The van der Waals surface area contributed by atoms with Crippen molar-refractivity contribution in [2.45, 2.75) is 6.92 Å². The largest absolute Gasteiger partial charge is 0.249 e. The first-order chi connectivity index (χ1) is 7.08. The van der Waals surface area contributed by atoms with Crippen LogP contribution in [0.5, 0.6) is 0 Å². The second-order valence-electron chi connectivity index (χ2n) is 2.99. The lowest BCUT2D eigenvalue weighted by Crippen LogP contribution is -2.01. The molecule has 6 heteroatoms. The summed E-state index contributed by atoms with van der Waals surface area (Å²) in [5.74, 6) is -2.10. The number of pyridine rings is 1. The van der Waals surface area contributed by atoms with E-state index in [1.807, 2.05) is 0 Å². The van der Waals surface area contributed by atoms with Crippen molar-refractivity contribution in [3.63, 3.8) is 0 Å². The molecule has 15 heavy (non-hydrogen) atoms. The maximum absolute atomic E-state index is 12.9. The van der Waals surface area contributed by atoms with E-state index in [4.69, 9.17) is 0 Å².